The second kappa shape index (κ2) is 4.17. The SMILES string of the molecule is O=C(N[C@@H]1C[C@@H](O)C12CCOCC2)C1(F)CCC1. The molecule has 0 radical (unpaired) electrons. The minimum absolute atomic E-state index is 0.0860. The van der Waals surface area contributed by atoms with Gasteiger partial charge in [0.1, 0.15) is 0 Å². The van der Waals surface area contributed by atoms with Crippen LogP contribution in [0.2, 0.25) is 0 Å². The number of hydrogen-bond acceptors (Lipinski definition) is 3. The van der Waals surface area contributed by atoms with E-state index in [9.17, 15) is 14.3 Å². The lowest BCUT2D eigenvalue weighted by Crippen LogP contribution is -2.67. The Morgan fingerprint density at radius 1 is 1.28 bits per heavy atom. The molecule has 3 rings (SSSR count). The maximum Gasteiger partial charge on any atom is 0.257 e. The summed E-state index contributed by atoms with van der Waals surface area (Å²) in [6, 6.07) is -0.0860. The van der Waals surface area contributed by atoms with Crippen molar-refractivity contribution in [3.63, 3.8) is 0 Å². The van der Waals surface area contributed by atoms with Gasteiger partial charge in [-0.1, -0.05) is 0 Å². The molecule has 5 heteroatoms. The van der Waals surface area contributed by atoms with Gasteiger partial charge in [-0.05, 0) is 38.5 Å². The number of aliphatic hydroxyl groups is 1. The third-order valence-electron chi connectivity index (χ3n) is 5.10. The smallest absolute Gasteiger partial charge is 0.257 e. The molecule has 0 unspecified atom stereocenters. The highest BCUT2D eigenvalue weighted by Gasteiger charge is 2.57. The van der Waals surface area contributed by atoms with Crippen molar-refractivity contribution in [3.05, 3.63) is 0 Å². The molecule has 0 aromatic carbocycles. The minimum atomic E-state index is -1.65. The fourth-order valence-corrected chi connectivity index (χ4v) is 3.40. The van der Waals surface area contributed by atoms with Gasteiger partial charge in [0.2, 0.25) is 0 Å². The van der Waals surface area contributed by atoms with Gasteiger partial charge in [-0.15, -0.1) is 0 Å². The van der Waals surface area contributed by atoms with Gasteiger partial charge in [0.05, 0.1) is 6.10 Å². The first-order valence-electron chi connectivity index (χ1n) is 6.83. The zero-order valence-corrected chi connectivity index (χ0v) is 10.5. The molecule has 2 saturated carbocycles. The van der Waals surface area contributed by atoms with Crippen molar-refractivity contribution in [2.24, 2.45) is 5.41 Å². The van der Waals surface area contributed by atoms with E-state index in [1.54, 1.807) is 0 Å². The molecular weight excluding hydrogens is 237 g/mol. The molecule has 2 aliphatic carbocycles. The van der Waals surface area contributed by atoms with Crippen LogP contribution >= 0.6 is 0 Å². The van der Waals surface area contributed by atoms with Crippen LogP contribution in [0.15, 0.2) is 0 Å². The maximum absolute atomic E-state index is 14.0. The van der Waals surface area contributed by atoms with E-state index in [1.807, 2.05) is 0 Å². The Bertz CT molecular complexity index is 350. The van der Waals surface area contributed by atoms with Crippen LogP contribution in [-0.4, -0.2) is 42.0 Å². The first-order valence-corrected chi connectivity index (χ1v) is 6.83. The summed E-state index contributed by atoms with van der Waals surface area (Å²) in [5.74, 6) is -0.475. The van der Waals surface area contributed by atoms with Gasteiger partial charge in [-0.3, -0.25) is 4.79 Å². The van der Waals surface area contributed by atoms with Gasteiger partial charge in [0.15, 0.2) is 5.67 Å². The Balaban J connectivity index is 1.64. The van der Waals surface area contributed by atoms with Crippen LogP contribution in [-0.2, 0) is 9.53 Å². The van der Waals surface area contributed by atoms with Gasteiger partial charge >= 0.3 is 0 Å². The van der Waals surface area contributed by atoms with E-state index >= 15 is 0 Å². The standard InChI is InChI=1S/C13H20FNO3/c14-13(2-1-3-13)11(17)15-9-8-10(16)12(9)4-6-18-7-5-12/h9-10,16H,1-8H2,(H,15,17)/t9-,10-/m1/s1. The second-order valence-electron chi connectivity index (χ2n) is 5.94. The van der Waals surface area contributed by atoms with Crippen LogP contribution in [0, 0.1) is 5.41 Å². The Labute approximate surface area is 106 Å². The summed E-state index contributed by atoms with van der Waals surface area (Å²) >= 11 is 0. The van der Waals surface area contributed by atoms with E-state index in [0.717, 1.165) is 19.3 Å². The Hall–Kier alpha value is -0.680. The number of ether oxygens (including phenoxy) is 1. The molecule has 3 aliphatic rings. The normalized spacial score (nSPS) is 36.6. The Morgan fingerprint density at radius 3 is 2.44 bits per heavy atom. The van der Waals surface area contributed by atoms with Crippen molar-refractivity contribution >= 4 is 5.91 Å². The topological polar surface area (TPSA) is 58.6 Å². The highest BCUT2D eigenvalue weighted by atomic mass is 19.1. The monoisotopic (exact) mass is 257 g/mol. The molecule has 2 atom stereocenters. The highest BCUT2D eigenvalue weighted by molar-refractivity contribution is 5.86. The number of hydrogen-bond donors (Lipinski definition) is 2. The lowest BCUT2D eigenvalue weighted by atomic mass is 9.57. The zero-order valence-electron chi connectivity index (χ0n) is 10.5. The maximum atomic E-state index is 14.0. The number of aliphatic hydroxyl groups excluding tert-OH is 1. The van der Waals surface area contributed by atoms with Crippen molar-refractivity contribution in [1.82, 2.24) is 5.32 Å². The molecule has 1 aliphatic heterocycles. The van der Waals surface area contributed by atoms with Gasteiger partial charge in [0, 0.05) is 24.7 Å². The zero-order chi connectivity index (χ0) is 12.8. The van der Waals surface area contributed by atoms with Crippen LogP contribution < -0.4 is 5.32 Å². The number of amides is 1. The van der Waals surface area contributed by atoms with Crippen LogP contribution in [0.25, 0.3) is 0 Å². The third kappa shape index (κ3) is 1.67. The number of halogens is 1. The summed E-state index contributed by atoms with van der Waals surface area (Å²) in [5.41, 5.74) is -1.92. The third-order valence-corrected chi connectivity index (χ3v) is 5.10. The van der Waals surface area contributed by atoms with E-state index in [-0.39, 0.29) is 17.6 Å². The summed E-state index contributed by atoms with van der Waals surface area (Å²) in [4.78, 5) is 11.9. The van der Waals surface area contributed by atoms with E-state index in [2.05, 4.69) is 5.32 Å². The van der Waals surface area contributed by atoms with E-state index in [1.165, 1.54) is 0 Å². The molecule has 0 aromatic rings. The Kier molecular flexibility index (Phi) is 2.86. The molecule has 1 amide bonds. The molecule has 102 valence electrons. The van der Waals surface area contributed by atoms with E-state index < -0.39 is 11.6 Å². The van der Waals surface area contributed by atoms with Crippen molar-refractivity contribution in [2.45, 2.75) is 56.3 Å². The van der Waals surface area contributed by atoms with Crippen LogP contribution in [0.1, 0.15) is 38.5 Å². The fraction of sp³-hybridized carbons (Fsp3) is 0.923. The van der Waals surface area contributed by atoms with Gasteiger partial charge in [-0.2, -0.15) is 0 Å². The number of rotatable bonds is 2. The first kappa shape index (κ1) is 12.4. The van der Waals surface area contributed by atoms with E-state index in [4.69, 9.17) is 4.74 Å². The molecule has 2 N–H and O–H groups in total. The van der Waals surface area contributed by atoms with Gasteiger partial charge < -0.3 is 15.2 Å². The molecule has 4 nitrogen and oxygen atoms in total. The molecule has 1 heterocycles. The van der Waals surface area contributed by atoms with Crippen molar-refractivity contribution in [1.29, 1.82) is 0 Å². The second-order valence-corrected chi connectivity index (χ2v) is 5.94. The van der Waals surface area contributed by atoms with Crippen molar-refractivity contribution in [3.8, 4) is 0 Å². The molecule has 1 spiro atoms. The molecule has 18 heavy (non-hydrogen) atoms. The molecule has 0 bridgehead atoms. The molecule has 1 saturated heterocycles. The summed E-state index contributed by atoms with van der Waals surface area (Å²) < 4.78 is 19.3. The minimum Gasteiger partial charge on any atom is -0.392 e. The van der Waals surface area contributed by atoms with Crippen LogP contribution in [0.5, 0.6) is 0 Å². The molecule has 0 aromatic heterocycles. The number of carbonyl (C=O) groups is 1. The Morgan fingerprint density at radius 2 is 1.94 bits per heavy atom. The largest absolute Gasteiger partial charge is 0.392 e. The van der Waals surface area contributed by atoms with Crippen LogP contribution in [0.4, 0.5) is 4.39 Å². The summed E-state index contributed by atoms with van der Waals surface area (Å²) in [6.07, 6.45) is 3.12. The summed E-state index contributed by atoms with van der Waals surface area (Å²) in [6.45, 7) is 1.23. The van der Waals surface area contributed by atoms with Crippen molar-refractivity contribution < 1.29 is 19.0 Å². The van der Waals surface area contributed by atoms with Crippen molar-refractivity contribution in [2.75, 3.05) is 13.2 Å². The average Bonchev–Trinajstić information content (AvgIpc) is 2.36. The first-order chi connectivity index (χ1) is 8.57. The lowest BCUT2D eigenvalue weighted by molar-refractivity contribution is -0.163. The predicted molar refractivity (Wildman–Crippen MR) is 62.7 cm³/mol. The molecule has 3 fully saturated rings. The number of carbonyl (C=O) groups excluding carboxylic acids is 1. The quantitative estimate of drug-likeness (QED) is 0.773. The van der Waals surface area contributed by atoms with Gasteiger partial charge in [0.25, 0.3) is 5.91 Å². The fourth-order valence-electron chi connectivity index (χ4n) is 3.40. The highest BCUT2D eigenvalue weighted by Crippen LogP contribution is 2.49. The van der Waals surface area contributed by atoms with Gasteiger partial charge in [-0.25, -0.2) is 4.39 Å². The van der Waals surface area contributed by atoms with E-state index in [0.29, 0.717) is 32.5 Å². The predicted octanol–water partition coefficient (Wildman–Crippen LogP) is 0.925. The molecular formula is C13H20FNO3. The summed E-state index contributed by atoms with van der Waals surface area (Å²) in [5, 5.41) is 12.8. The summed E-state index contributed by atoms with van der Waals surface area (Å²) in [7, 11) is 0. The van der Waals surface area contributed by atoms with Crippen LogP contribution in [0.3, 0.4) is 0 Å². The number of alkyl halides is 1. The number of nitrogens with one attached hydrogen (secondary N) is 1. The average molecular weight is 257 g/mol. The lowest BCUT2D eigenvalue weighted by Gasteiger charge is -2.56.